The first-order valence-electron chi connectivity index (χ1n) is 6.81. The highest BCUT2D eigenvalue weighted by Gasteiger charge is 2.17. The van der Waals surface area contributed by atoms with E-state index in [4.69, 9.17) is 0 Å². The fourth-order valence-electron chi connectivity index (χ4n) is 2.58. The van der Waals surface area contributed by atoms with Crippen LogP contribution in [-0.4, -0.2) is 18.5 Å². The predicted molar refractivity (Wildman–Crippen MR) is 86.5 cm³/mol. The van der Waals surface area contributed by atoms with Gasteiger partial charge in [-0.25, -0.2) is 14.2 Å². The molecule has 0 saturated heterocycles. The van der Waals surface area contributed by atoms with Gasteiger partial charge in [-0.05, 0) is 17.7 Å². The third kappa shape index (κ3) is 1.88. The number of rotatable bonds is 1. The number of hydrogen-bond acceptors (Lipinski definition) is 4. The van der Waals surface area contributed by atoms with E-state index in [1.807, 2.05) is 0 Å². The van der Waals surface area contributed by atoms with Crippen molar-refractivity contribution >= 4 is 27.5 Å². The summed E-state index contributed by atoms with van der Waals surface area (Å²) >= 11 is 1.38. The van der Waals surface area contributed by atoms with Crippen LogP contribution in [0.15, 0.2) is 40.1 Å². The van der Waals surface area contributed by atoms with Crippen molar-refractivity contribution in [3.05, 3.63) is 57.1 Å². The van der Waals surface area contributed by atoms with Gasteiger partial charge in [0.25, 0.3) is 5.56 Å². The Bertz CT molecular complexity index is 1180. The number of nitrogens with zero attached hydrogens (tertiary/aromatic N) is 4. The smallest absolute Gasteiger partial charge is 0.283 e. The number of aromatic nitrogens is 4. The summed E-state index contributed by atoms with van der Waals surface area (Å²) < 4.78 is 17.1. The molecule has 0 bridgehead atoms. The standard InChI is InChI=1S/C15H11FN4O2S/c1-18-12-11(13(21)19(2)15(18)22)20-7-10(23-14(20)17-12)8-3-5-9(16)6-4-8/h3-7H,1-2H3. The first-order chi connectivity index (χ1) is 11.0. The van der Waals surface area contributed by atoms with Crippen LogP contribution in [0.25, 0.3) is 26.6 Å². The molecule has 4 aromatic rings. The molecule has 0 saturated carbocycles. The van der Waals surface area contributed by atoms with Crippen molar-refractivity contribution < 1.29 is 4.39 Å². The van der Waals surface area contributed by atoms with Crippen molar-refractivity contribution in [2.45, 2.75) is 0 Å². The van der Waals surface area contributed by atoms with Crippen LogP contribution in [0.2, 0.25) is 0 Å². The van der Waals surface area contributed by atoms with E-state index in [-0.39, 0.29) is 11.4 Å². The molecule has 3 heterocycles. The minimum absolute atomic E-state index is 0.301. The molecule has 0 spiro atoms. The molecule has 0 N–H and O–H groups in total. The van der Waals surface area contributed by atoms with Gasteiger partial charge in [-0.3, -0.25) is 18.3 Å². The van der Waals surface area contributed by atoms with Crippen molar-refractivity contribution in [3.63, 3.8) is 0 Å². The summed E-state index contributed by atoms with van der Waals surface area (Å²) in [6.45, 7) is 0. The van der Waals surface area contributed by atoms with Crippen LogP contribution in [0.5, 0.6) is 0 Å². The van der Waals surface area contributed by atoms with E-state index >= 15 is 0 Å². The topological polar surface area (TPSA) is 61.3 Å². The number of thiazole rings is 1. The van der Waals surface area contributed by atoms with Crippen LogP contribution in [0, 0.1) is 5.82 Å². The van der Waals surface area contributed by atoms with E-state index in [0.717, 1.165) is 15.0 Å². The van der Waals surface area contributed by atoms with Crippen molar-refractivity contribution in [2.24, 2.45) is 14.1 Å². The average Bonchev–Trinajstić information content (AvgIpc) is 3.09. The summed E-state index contributed by atoms with van der Waals surface area (Å²) in [7, 11) is 3.03. The molecule has 3 aromatic heterocycles. The lowest BCUT2D eigenvalue weighted by Crippen LogP contribution is -2.37. The third-order valence-electron chi connectivity index (χ3n) is 3.84. The number of hydrogen-bond donors (Lipinski definition) is 0. The highest BCUT2D eigenvalue weighted by molar-refractivity contribution is 7.20. The largest absolute Gasteiger partial charge is 0.332 e. The first kappa shape index (κ1) is 13.9. The molecule has 23 heavy (non-hydrogen) atoms. The third-order valence-corrected chi connectivity index (χ3v) is 4.87. The zero-order valence-electron chi connectivity index (χ0n) is 12.3. The molecule has 1 aromatic carbocycles. The van der Waals surface area contributed by atoms with E-state index in [1.54, 1.807) is 29.8 Å². The van der Waals surface area contributed by atoms with Crippen LogP contribution >= 0.6 is 11.3 Å². The van der Waals surface area contributed by atoms with E-state index in [2.05, 4.69) is 4.98 Å². The number of aryl methyl sites for hydroxylation is 1. The molecule has 0 unspecified atom stereocenters. The molecule has 0 radical (unpaired) electrons. The van der Waals surface area contributed by atoms with Gasteiger partial charge in [0.1, 0.15) is 5.82 Å². The molecule has 0 aliphatic heterocycles. The maximum Gasteiger partial charge on any atom is 0.332 e. The Hall–Kier alpha value is -2.74. The normalized spacial score (nSPS) is 11.6. The summed E-state index contributed by atoms with van der Waals surface area (Å²) in [5, 5.41) is 0. The molecule has 8 heteroatoms. The van der Waals surface area contributed by atoms with Crippen LogP contribution in [-0.2, 0) is 14.1 Å². The lowest BCUT2D eigenvalue weighted by atomic mass is 10.2. The molecule has 0 fully saturated rings. The quantitative estimate of drug-likeness (QED) is 0.534. The molecule has 0 aliphatic carbocycles. The van der Waals surface area contributed by atoms with Crippen molar-refractivity contribution in [3.8, 4) is 10.4 Å². The summed E-state index contributed by atoms with van der Waals surface area (Å²) in [5.74, 6) is -0.301. The lowest BCUT2D eigenvalue weighted by Gasteiger charge is -2.02. The highest BCUT2D eigenvalue weighted by Crippen LogP contribution is 2.30. The molecule has 0 amide bonds. The maximum absolute atomic E-state index is 13.0. The Morgan fingerprint density at radius 2 is 1.78 bits per heavy atom. The Morgan fingerprint density at radius 1 is 1.09 bits per heavy atom. The van der Waals surface area contributed by atoms with Gasteiger partial charge in [-0.1, -0.05) is 23.5 Å². The molecule has 0 atom stereocenters. The molecular formula is C15H11FN4O2S. The monoisotopic (exact) mass is 330 g/mol. The summed E-state index contributed by atoms with van der Waals surface area (Å²) in [6.07, 6.45) is 1.79. The van der Waals surface area contributed by atoms with Gasteiger partial charge in [0.2, 0.25) is 0 Å². The van der Waals surface area contributed by atoms with E-state index in [1.165, 1.54) is 35.1 Å². The van der Waals surface area contributed by atoms with E-state index in [9.17, 15) is 14.0 Å². The Morgan fingerprint density at radius 3 is 2.48 bits per heavy atom. The van der Waals surface area contributed by atoms with Crippen molar-refractivity contribution in [2.75, 3.05) is 0 Å². The molecule has 0 aliphatic rings. The Balaban J connectivity index is 2.06. The molecule has 116 valence electrons. The number of halogens is 1. The van der Waals surface area contributed by atoms with Gasteiger partial charge in [0.15, 0.2) is 16.1 Å². The van der Waals surface area contributed by atoms with Gasteiger partial charge in [0, 0.05) is 20.3 Å². The average molecular weight is 330 g/mol. The second-order valence-electron chi connectivity index (χ2n) is 5.24. The molecular weight excluding hydrogens is 319 g/mol. The van der Waals surface area contributed by atoms with Gasteiger partial charge in [0.05, 0.1) is 4.88 Å². The Kier molecular flexibility index (Phi) is 2.79. The van der Waals surface area contributed by atoms with Crippen LogP contribution in [0.4, 0.5) is 4.39 Å². The summed E-state index contributed by atoms with van der Waals surface area (Å²) in [4.78, 5) is 30.3. The number of fused-ring (bicyclic) bond motifs is 3. The molecule has 4 rings (SSSR count). The van der Waals surface area contributed by atoms with Crippen LogP contribution < -0.4 is 11.2 Å². The SMILES string of the molecule is Cn1c(=O)c2c(nc3sc(-c4ccc(F)cc4)cn32)n(C)c1=O. The number of imidazole rings is 1. The second-order valence-corrected chi connectivity index (χ2v) is 6.25. The van der Waals surface area contributed by atoms with Gasteiger partial charge in [-0.15, -0.1) is 0 Å². The van der Waals surface area contributed by atoms with E-state index < -0.39 is 5.69 Å². The maximum atomic E-state index is 13.0. The second kappa shape index (κ2) is 4.63. The van der Waals surface area contributed by atoms with Crippen LogP contribution in [0.3, 0.4) is 0 Å². The lowest BCUT2D eigenvalue weighted by molar-refractivity contribution is 0.628. The zero-order chi connectivity index (χ0) is 16.3. The zero-order valence-corrected chi connectivity index (χ0v) is 13.1. The summed E-state index contributed by atoms with van der Waals surface area (Å²) in [5.41, 5.74) is 0.756. The predicted octanol–water partition coefficient (Wildman–Crippen LogP) is 1.75. The van der Waals surface area contributed by atoms with Crippen LogP contribution in [0.1, 0.15) is 0 Å². The Labute approximate surface area is 132 Å². The minimum atomic E-state index is -0.410. The van der Waals surface area contributed by atoms with Gasteiger partial charge >= 0.3 is 5.69 Å². The number of benzene rings is 1. The summed E-state index contributed by atoms with van der Waals surface area (Å²) in [6, 6.07) is 6.13. The van der Waals surface area contributed by atoms with Crippen molar-refractivity contribution in [1.82, 2.24) is 18.5 Å². The fourth-order valence-corrected chi connectivity index (χ4v) is 3.56. The first-order valence-corrected chi connectivity index (χ1v) is 7.62. The van der Waals surface area contributed by atoms with E-state index in [0.29, 0.717) is 16.1 Å². The van der Waals surface area contributed by atoms with Crippen molar-refractivity contribution in [1.29, 1.82) is 0 Å². The fraction of sp³-hybridized carbons (Fsp3) is 0.133. The highest BCUT2D eigenvalue weighted by atomic mass is 32.1. The molecule has 6 nitrogen and oxygen atoms in total. The van der Waals surface area contributed by atoms with Gasteiger partial charge in [-0.2, -0.15) is 0 Å². The minimum Gasteiger partial charge on any atom is -0.283 e. The van der Waals surface area contributed by atoms with Gasteiger partial charge < -0.3 is 0 Å².